The fraction of sp³-hybridized carbons (Fsp3) is 0.316. The zero-order valence-electron chi connectivity index (χ0n) is 14.2. The van der Waals surface area contributed by atoms with Crippen LogP contribution in [-0.2, 0) is 11.3 Å². The molecular weight excluding hydrogens is 337 g/mol. The van der Waals surface area contributed by atoms with Gasteiger partial charge in [0, 0.05) is 31.7 Å². The summed E-state index contributed by atoms with van der Waals surface area (Å²) in [7, 11) is 0. The molecule has 0 saturated heterocycles. The Kier molecular flexibility index (Phi) is 5.81. The number of benzene rings is 1. The number of nitrogens with one attached hydrogen (secondary N) is 1. The van der Waals surface area contributed by atoms with Gasteiger partial charge in [0.1, 0.15) is 11.9 Å². The van der Waals surface area contributed by atoms with Gasteiger partial charge in [-0.05, 0) is 60.2 Å². The van der Waals surface area contributed by atoms with Crippen molar-refractivity contribution < 1.29 is 9.18 Å². The molecule has 0 radical (unpaired) electrons. The summed E-state index contributed by atoms with van der Waals surface area (Å²) in [5, 5.41) is 4.01. The predicted molar refractivity (Wildman–Crippen MR) is 101 cm³/mol. The van der Waals surface area contributed by atoms with Gasteiger partial charge in [0.05, 0.1) is 5.52 Å². The largest absolute Gasteiger partial charge is 0.353 e. The first-order valence-electron chi connectivity index (χ1n) is 8.32. The monoisotopic (exact) mass is 359 g/mol. The number of carbonyl (C=O) groups is 1. The Hall–Kier alpha value is -2.21. The molecule has 0 spiro atoms. The van der Waals surface area contributed by atoms with Crippen LogP contribution in [0.4, 0.5) is 4.39 Å². The fourth-order valence-corrected chi connectivity index (χ4v) is 3.43. The van der Waals surface area contributed by atoms with Crippen LogP contribution in [0.5, 0.6) is 0 Å². The SMILES string of the molecule is CSCC[C@@H](C(=O)NCCn1ccc2ccc(F)cc21)n1cccc1. The van der Waals surface area contributed by atoms with E-state index in [1.165, 1.54) is 12.1 Å². The minimum atomic E-state index is -0.249. The van der Waals surface area contributed by atoms with Gasteiger partial charge in [-0.25, -0.2) is 4.39 Å². The van der Waals surface area contributed by atoms with Crippen molar-refractivity contribution >= 4 is 28.6 Å². The quantitative estimate of drug-likeness (QED) is 0.666. The van der Waals surface area contributed by atoms with Crippen molar-refractivity contribution in [2.45, 2.75) is 19.0 Å². The summed E-state index contributed by atoms with van der Waals surface area (Å²) < 4.78 is 17.4. The van der Waals surface area contributed by atoms with Crippen LogP contribution in [0.15, 0.2) is 55.0 Å². The van der Waals surface area contributed by atoms with Crippen LogP contribution in [0.1, 0.15) is 12.5 Å². The molecule has 3 aromatic rings. The first-order chi connectivity index (χ1) is 12.2. The lowest BCUT2D eigenvalue weighted by atomic mass is 10.2. The van der Waals surface area contributed by atoms with Crippen LogP contribution >= 0.6 is 11.8 Å². The molecule has 4 nitrogen and oxygen atoms in total. The number of hydrogen-bond acceptors (Lipinski definition) is 2. The van der Waals surface area contributed by atoms with E-state index < -0.39 is 0 Å². The van der Waals surface area contributed by atoms with Crippen molar-refractivity contribution in [3.05, 3.63) is 60.8 Å². The summed E-state index contributed by atoms with van der Waals surface area (Å²) in [5.41, 5.74) is 0.846. The zero-order chi connectivity index (χ0) is 17.6. The lowest BCUT2D eigenvalue weighted by Gasteiger charge is -2.18. The second-order valence-corrected chi connectivity index (χ2v) is 6.92. The van der Waals surface area contributed by atoms with Gasteiger partial charge in [-0.15, -0.1) is 0 Å². The van der Waals surface area contributed by atoms with E-state index in [2.05, 4.69) is 5.32 Å². The molecule has 0 aliphatic rings. The number of hydrogen-bond donors (Lipinski definition) is 1. The van der Waals surface area contributed by atoms with Crippen molar-refractivity contribution in [1.82, 2.24) is 14.5 Å². The number of thioether (sulfide) groups is 1. The molecule has 1 atom stereocenters. The van der Waals surface area contributed by atoms with E-state index in [1.54, 1.807) is 17.8 Å². The average Bonchev–Trinajstić information content (AvgIpc) is 3.26. The maximum absolute atomic E-state index is 13.4. The maximum Gasteiger partial charge on any atom is 0.243 e. The molecule has 2 heterocycles. The normalized spacial score (nSPS) is 12.4. The molecule has 3 rings (SSSR count). The van der Waals surface area contributed by atoms with Gasteiger partial charge in [0.25, 0.3) is 0 Å². The summed E-state index contributed by atoms with van der Waals surface area (Å²) in [6.45, 7) is 1.12. The van der Waals surface area contributed by atoms with Crippen LogP contribution in [0.3, 0.4) is 0 Å². The van der Waals surface area contributed by atoms with Gasteiger partial charge < -0.3 is 14.5 Å². The Morgan fingerprint density at radius 3 is 2.80 bits per heavy atom. The molecule has 25 heavy (non-hydrogen) atoms. The number of nitrogens with zero attached hydrogens (tertiary/aromatic N) is 2. The summed E-state index contributed by atoms with van der Waals surface area (Å²) in [5.74, 6) is 0.701. The van der Waals surface area contributed by atoms with Gasteiger partial charge in [0.15, 0.2) is 0 Å². The standard InChI is InChI=1S/C19H22FN3OS/c1-25-13-7-17(22-9-2-3-10-22)19(24)21-8-12-23-11-6-15-4-5-16(20)14-18(15)23/h2-6,9-11,14,17H,7-8,12-13H2,1H3,(H,21,24)/t17-/m0/s1. The topological polar surface area (TPSA) is 39.0 Å². The fourth-order valence-electron chi connectivity index (χ4n) is 2.97. The van der Waals surface area contributed by atoms with E-state index in [0.717, 1.165) is 23.1 Å². The number of aromatic nitrogens is 2. The van der Waals surface area contributed by atoms with Crippen molar-refractivity contribution in [3.63, 3.8) is 0 Å². The average molecular weight is 359 g/mol. The highest BCUT2D eigenvalue weighted by atomic mass is 32.2. The minimum absolute atomic E-state index is 0.0212. The van der Waals surface area contributed by atoms with Crippen molar-refractivity contribution in [2.75, 3.05) is 18.6 Å². The smallest absolute Gasteiger partial charge is 0.243 e. The number of carbonyl (C=O) groups excluding carboxylic acids is 1. The Labute approximate surface area is 151 Å². The molecule has 1 amide bonds. The molecule has 1 aromatic carbocycles. The number of fused-ring (bicyclic) bond motifs is 1. The second kappa shape index (κ2) is 8.25. The molecule has 0 unspecified atom stereocenters. The van der Waals surface area contributed by atoms with Gasteiger partial charge in [-0.2, -0.15) is 11.8 Å². The van der Waals surface area contributed by atoms with Gasteiger partial charge in [-0.1, -0.05) is 0 Å². The Bertz CT molecular complexity index is 828. The minimum Gasteiger partial charge on any atom is -0.353 e. The number of rotatable bonds is 8. The Morgan fingerprint density at radius 2 is 2.04 bits per heavy atom. The third-order valence-electron chi connectivity index (χ3n) is 4.27. The van der Waals surface area contributed by atoms with Crippen LogP contribution in [0.25, 0.3) is 10.9 Å². The highest BCUT2D eigenvalue weighted by Gasteiger charge is 2.18. The van der Waals surface area contributed by atoms with Crippen LogP contribution in [0, 0.1) is 5.82 Å². The maximum atomic E-state index is 13.4. The molecule has 0 saturated carbocycles. The van der Waals surface area contributed by atoms with E-state index in [4.69, 9.17) is 0 Å². The summed E-state index contributed by atoms with van der Waals surface area (Å²) in [6, 6.07) is 10.4. The first kappa shape index (κ1) is 17.6. The second-order valence-electron chi connectivity index (χ2n) is 5.93. The van der Waals surface area contributed by atoms with Crippen molar-refractivity contribution in [3.8, 4) is 0 Å². The predicted octanol–water partition coefficient (Wildman–Crippen LogP) is 3.69. The van der Waals surface area contributed by atoms with Crippen molar-refractivity contribution in [2.24, 2.45) is 0 Å². The summed E-state index contributed by atoms with van der Waals surface area (Å²) >= 11 is 1.74. The van der Waals surface area contributed by atoms with E-state index in [0.29, 0.717) is 13.1 Å². The molecule has 1 N–H and O–H groups in total. The molecule has 0 bridgehead atoms. The van der Waals surface area contributed by atoms with E-state index in [-0.39, 0.29) is 17.8 Å². The van der Waals surface area contributed by atoms with E-state index >= 15 is 0 Å². The molecule has 2 aromatic heterocycles. The third-order valence-corrected chi connectivity index (χ3v) is 4.92. The zero-order valence-corrected chi connectivity index (χ0v) is 15.0. The number of amides is 1. The Morgan fingerprint density at radius 1 is 1.24 bits per heavy atom. The molecule has 132 valence electrons. The molecular formula is C19H22FN3OS. The van der Waals surface area contributed by atoms with Gasteiger partial charge >= 0.3 is 0 Å². The van der Waals surface area contributed by atoms with Crippen LogP contribution in [-0.4, -0.2) is 33.6 Å². The summed E-state index contributed by atoms with van der Waals surface area (Å²) in [4.78, 5) is 12.6. The van der Waals surface area contributed by atoms with Crippen molar-refractivity contribution in [1.29, 1.82) is 0 Å². The lowest BCUT2D eigenvalue weighted by Crippen LogP contribution is -2.34. The molecule has 0 aliphatic heterocycles. The number of halogens is 1. The van der Waals surface area contributed by atoms with Crippen LogP contribution in [0.2, 0.25) is 0 Å². The Balaban J connectivity index is 1.61. The van der Waals surface area contributed by atoms with Crippen LogP contribution < -0.4 is 5.32 Å². The molecule has 0 fully saturated rings. The third kappa shape index (κ3) is 4.25. The van der Waals surface area contributed by atoms with Gasteiger partial charge in [-0.3, -0.25) is 4.79 Å². The highest BCUT2D eigenvalue weighted by Crippen LogP contribution is 2.17. The molecule has 6 heteroatoms. The first-order valence-corrected chi connectivity index (χ1v) is 9.72. The van der Waals surface area contributed by atoms with E-state index in [1.807, 2.05) is 52.2 Å². The molecule has 0 aliphatic carbocycles. The van der Waals surface area contributed by atoms with Gasteiger partial charge in [0.2, 0.25) is 5.91 Å². The lowest BCUT2D eigenvalue weighted by molar-refractivity contribution is -0.124. The van der Waals surface area contributed by atoms with E-state index in [9.17, 15) is 9.18 Å². The highest BCUT2D eigenvalue weighted by molar-refractivity contribution is 7.98. The summed E-state index contributed by atoms with van der Waals surface area (Å²) in [6.07, 6.45) is 8.60.